The van der Waals surface area contributed by atoms with E-state index in [0.717, 1.165) is 17.2 Å². The molecule has 204 valence electrons. The van der Waals surface area contributed by atoms with E-state index >= 15 is 4.39 Å². The van der Waals surface area contributed by atoms with Crippen molar-refractivity contribution in [2.75, 3.05) is 27.4 Å². The molecule has 5 rings (SSSR count). The molecule has 2 aliphatic rings. The molecule has 3 aromatic rings. The van der Waals surface area contributed by atoms with Crippen molar-refractivity contribution in [1.82, 2.24) is 19.6 Å². The first kappa shape index (κ1) is 26.3. The molecule has 3 atom stereocenters. The van der Waals surface area contributed by atoms with Gasteiger partial charge in [-0.15, -0.1) is 0 Å². The van der Waals surface area contributed by atoms with Crippen LogP contribution in [0.25, 0.3) is 0 Å². The molecule has 2 aromatic carbocycles. The van der Waals surface area contributed by atoms with Gasteiger partial charge in [0.2, 0.25) is 18.0 Å². The lowest BCUT2D eigenvalue weighted by Crippen LogP contribution is -2.51. The van der Waals surface area contributed by atoms with Crippen LogP contribution in [0.1, 0.15) is 46.4 Å². The Morgan fingerprint density at radius 1 is 1.15 bits per heavy atom. The second-order valence-corrected chi connectivity index (χ2v) is 9.57. The van der Waals surface area contributed by atoms with Crippen LogP contribution in [0.2, 0.25) is 0 Å². The summed E-state index contributed by atoms with van der Waals surface area (Å²) in [5.41, 5.74) is -0.670. The van der Waals surface area contributed by atoms with E-state index in [2.05, 4.69) is 5.10 Å². The van der Waals surface area contributed by atoms with Crippen LogP contribution >= 0.6 is 0 Å². The number of aromatic nitrogens is 2. The van der Waals surface area contributed by atoms with E-state index in [4.69, 9.17) is 9.47 Å². The van der Waals surface area contributed by atoms with Gasteiger partial charge in [-0.2, -0.15) is 5.10 Å². The average Bonchev–Trinajstić information content (AvgIpc) is 3.39. The van der Waals surface area contributed by atoms with Gasteiger partial charge < -0.3 is 19.3 Å². The first-order chi connectivity index (χ1) is 18.7. The van der Waals surface area contributed by atoms with Crippen LogP contribution in [-0.2, 0) is 4.74 Å². The van der Waals surface area contributed by atoms with Crippen molar-refractivity contribution in [3.63, 3.8) is 0 Å². The highest BCUT2D eigenvalue weighted by atomic mass is 19.2. The quantitative estimate of drug-likeness (QED) is 0.441. The van der Waals surface area contributed by atoms with E-state index in [9.17, 15) is 23.2 Å². The van der Waals surface area contributed by atoms with Crippen molar-refractivity contribution in [2.45, 2.75) is 30.8 Å². The molecular weight excluding hydrogens is 517 g/mol. The molecule has 1 fully saturated rings. The zero-order valence-electron chi connectivity index (χ0n) is 21.1. The highest BCUT2D eigenvalue weighted by Crippen LogP contribution is 2.46. The summed E-state index contributed by atoms with van der Waals surface area (Å²) in [7, 11) is 2.93. The number of hydrogen-bond acceptors (Lipinski definition) is 6. The van der Waals surface area contributed by atoms with Gasteiger partial charge in [0, 0.05) is 32.1 Å². The standard InChI is InChI=1S/C27H25F3N4O5/c1-32(2)27(37)39-14-38-25-20(35)13-31-34-23(19-10-5-11-33(19)26(36)24(25)34)21(15-6-3-7-16(28)12-15)17-8-4-9-18(29)22(17)30/h3-4,6-9,12-13,19,21,23H,5,10-11,14H2,1-2H3/t19-,21-,23-/m1/s1. The normalized spacial score (nSPS) is 18.8. The lowest BCUT2D eigenvalue weighted by Gasteiger charge is -2.42. The van der Waals surface area contributed by atoms with Crippen LogP contribution in [0.3, 0.4) is 0 Å². The van der Waals surface area contributed by atoms with Crippen LogP contribution in [0.15, 0.2) is 53.5 Å². The molecule has 2 amide bonds. The second-order valence-electron chi connectivity index (χ2n) is 9.57. The minimum atomic E-state index is -1.11. The van der Waals surface area contributed by atoms with Crippen LogP contribution in [0, 0.1) is 17.5 Å². The third kappa shape index (κ3) is 4.70. The summed E-state index contributed by atoms with van der Waals surface area (Å²) in [5.74, 6) is -4.69. The number of nitrogens with zero attached hydrogens (tertiary/aromatic N) is 4. The number of ether oxygens (including phenoxy) is 2. The minimum absolute atomic E-state index is 0.0550. The van der Waals surface area contributed by atoms with Gasteiger partial charge in [-0.1, -0.05) is 24.3 Å². The number of fused-ring (bicyclic) bond motifs is 2. The second kappa shape index (κ2) is 10.4. The van der Waals surface area contributed by atoms with E-state index in [-0.39, 0.29) is 11.3 Å². The first-order valence-corrected chi connectivity index (χ1v) is 12.3. The van der Waals surface area contributed by atoms with Gasteiger partial charge >= 0.3 is 6.09 Å². The maximum Gasteiger partial charge on any atom is 0.412 e. The summed E-state index contributed by atoms with van der Waals surface area (Å²) in [6, 6.07) is 7.89. The van der Waals surface area contributed by atoms with Crippen LogP contribution in [0.4, 0.5) is 18.0 Å². The molecule has 12 heteroatoms. The van der Waals surface area contributed by atoms with E-state index in [1.165, 1.54) is 49.1 Å². The van der Waals surface area contributed by atoms with Crippen LogP contribution in [-0.4, -0.2) is 65.1 Å². The van der Waals surface area contributed by atoms with Crippen molar-refractivity contribution >= 4 is 12.0 Å². The SMILES string of the molecule is CN(C)C(=O)OCOc1c2n(ncc1=O)[C@@H]([C@H](c1cccc(F)c1)c1cccc(F)c1F)[C@H]1CCCN1C2=O. The van der Waals surface area contributed by atoms with Crippen molar-refractivity contribution in [3.8, 4) is 5.75 Å². The number of rotatable bonds is 6. The third-order valence-electron chi connectivity index (χ3n) is 7.02. The molecule has 1 aromatic heterocycles. The summed E-state index contributed by atoms with van der Waals surface area (Å²) < 4.78 is 56.0. The molecule has 0 aliphatic carbocycles. The summed E-state index contributed by atoms with van der Waals surface area (Å²) in [5, 5.41) is 4.24. The summed E-state index contributed by atoms with van der Waals surface area (Å²) in [6.07, 6.45) is 1.35. The molecule has 9 nitrogen and oxygen atoms in total. The smallest absolute Gasteiger partial charge is 0.412 e. The Morgan fingerprint density at radius 3 is 2.67 bits per heavy atom. The zero-order valence-corrected chi connectivity index (χ0v) is 21.1. The molecule has 3 heterocycles. The topological polar surface area (TPSA) is 94.0 Å². The number of halogens is 3. The summed E-state index contributed by atoms with van der Waals surface area (Å²) in [6.45, 7) is -0.309. The van der Waals surface area contributed by atoms with Crippen LogP contribution in [0.5, 0.6) is 5.75 Å². The Morgan fingerprint density at radius 2 is 1.92 bits per heavy atom. The lowest BCUT2D eigenvalue weighted by atomic mass is 9.79. The Kier molecular flexibility index (Phi) is 7.02. The van der Waals surface area contributed by atoms with Crippen molar-refractivity contribution in [2.24, 2.45) is 0 Å². The average molecular weight is 543 g/mol. The Labute approximate surface area is 221 Å². The predicted molar refractivity (Wildman–Crippen MR) is 132 cm³/mol. The maximum absolute atomic E-state index is 15.3. The van der Waals surface area contributed by atoms with Gasteiger partial charge in [0.05, 0.1) is 18.3 Å². The molecule has 2 aliphatic heterocycles. The molecule has 1 saturated heterocycles. The Bertz CT molecular complexity index is 1490. The highest BCUT2D eigenvalue weighted by Gasteiger charge is 2.49. The fourth-order valence-corrected chi connectivity index (χ4v) is 5.36. The van der Waals surface area contributed by atoms with Gasteiger partial charge in [-0.25, -0.2) is 18.0 Å². The van der Waals surface area contributed by atoms with Crippen molar-refractivity contribution < 1.29 is 32.2 Å². The molecular formula is C27H25F3N4O5. The van der Waals surface area contributed by atoms with Gasteiger partial charge in [0.15, 0.2) is 17.3 Å². The molecule has 39 heavy (non-hydrogen) atoms. The molecule has 0 bridgehead atoms. The monoisotopic (exact) mass is 542 g/mol. The first-order valence-electron chi connectivity index (χ1n) is 12.3. The number of carbonyl (C=O) groups is 2. The van der Waals surface area contributed by atoms with Crippen molar-refractivity contribution in [1.29, 1.82) is 0 Å². The molecule has 0 spiro atoms. The summed E-state index contributed by atoms with van der Waals surface area (Å²) >= 11 is 0. The number of benzene rings is 2. The van der Waals surface area contributed by atoms with Gasteiger partial charge in [0.25, 0.3) is 5.91 Å². The van der Waals surface area contributed by atoms with Gasteiger partial charge in [0.1, 0.15) is 5.82 Å². The zero-order chi connectivity index (χ0) is 27.8. The third-order valence-corrected chi connectivity index (χ3v) is 7.02. The molecule has 0 radical (unpaired) electrons. The lowest BCUT2D eigenvalue weighted by molar-refractivity contribution is 0.0374. The minimum Gasteiger partial charge on any atom is -0.451 e. The van der Waals surface area contributed by atoms with Crippen molar-refractivity contribution in [3.05, 3.63) is 93.2 Å². The number of hydrogen-bond donors (Lipinski definition) is 0. The molecule has 0 unspecified atom stereocenters. The number of carbonyl (C=O) groups excluding carboxylic acids is 2. The fourth-order valence-electron chi connectivity index (χ4n) is 5.36. The largest absolute Gasteiger partial charge is 0.451 e. The molecule has 0 N–H and O–H groups in total. The van der Waals surface area contributed by atoms with Gasteiger partial charge in [-0.3, -0.25) is 14.3 Å². The Hall–Kier alpha value is -4.35. The predicted octanol–water partition coefficient (Wildman–Crippen LogP) is 3.69. The maximum atomic E-state index is 15.3. The van der Waals surface area contributed by atoms with Crippen LogP contribution < -0.4 is 10.2 Å². The molecule has 0 saturated carbocycles. The van der Waals surface area contributed by atoms with Gasteiger partial charge in [-0.05, 0) is 36.6 Å². The van der Waals surface area contributed by atoms with E-state index in [0.29, 0.717) is 24.9 Å². The fraction of sp³-hybridized carbons (Fsp3) is 0.333. The Balaban J connectivity index is 1.69. The van der Waals surface area contributed by atoms with E-state index in [1.54, 1.807) is 11.0 Å². The van der Waals surface area contributed by atoms with E-state index in [1.807, 2.05) is 0 Å². The van der Waals surface area contributed by atoms with E-state index < -0.39 is 65.4 Å². The summed E-state index contributed by atoms with van der Waals surface area (Å²) in [4.78, 5) is 41.0. The highest BCUT2D eigenvalue weighted by molar-refractivity contribution is 5.96. The number of amides is 2.